The molecule has 21 heavy (non-hydrogen) atoms. The topological polar surface area (TPSA) is 46.6 Å². The van der Waals surface area contributed by atoms with Gasteiger partial charge in [-0.2, -0.15) is 15.6 Å². The molecule has 0 aliphatic carbocycles. The van der Waals surface area contributed by atoms with Crippen molar-refractivity contribution in [3.63, 3.8) is 0 Å². The van der Waals surface area contributed by atoms with Crippen LogP contribution in [0.3, 0.4) is 0 Å². The molecule has 0 saturated heterocycles. The summed E-state index contributed by atoms with van der Waals surface area (Å²) in [5, 5.41) is 3.85. The number of sulfonamides is 1. The van der Waals surface area contributed by atoms with Gasteiger partial charge in [0.2, 0.25) is 10.0 Å². The lowest BCUT2D eigenvalue weighted by Crippen LogP contribution is -2.26. The number of nitrogens with zero attached hydrogens (tertiary/aromatic N) is 1. The highest BCUT2D eigenvalue weighted by Gasteiger charge is 2.25. The molecule has 1 aromatic heterocycles. The molecule has 0 amide bonds. The van der Waals surface area contributed by atoms with Crippen molar-refractivity contribution in [3.05, 3.63) is 46.2 Å². The molecule has 0 saturated carbocycles. The van der Waals surface area contributed by atoms with Crippen molar-refractivity contribution in [1.82, 2.24) is 4.31 Å². The molecule has 0 aliphatic heterocycles. The van der Waals surface area contributed by atoms with Crippen molar-refractivity contribution in [2.45, 2.75) is 17.3 Å². The molecule has 0 radical (unpaired) electrons. The summed E-state index contributed by atoms with van der Waals surface area (Å²) in [5.74, 6) is 0.617. The third-order valence-corrected chi connectivity index (χ3v) is 5.94. The fraction of sp³-hybridized carbons (Fsp3) is 0.286. The zero-order valence-corrected chi connectivity index (χ0v) is 14.1. The number of rotatable bonds is 6. The third kappa shape index (κ3) is 3.58. The van der Waals surface area contributed by atoms with Crippen LogP contribution in [0.4, 0.5) is 0 Å². The second kappa shape index (κ2) is 6.79. The first kappa shape index (κ1) is 16.3. The number of ether oxygens (including phenoxy) is 1. The molecule has 0 fully saturated rings. The summed E-state index contributed by atoms with van der Waals surface area (Å²) in [6.07, 6.45) is 0. The van der Waals surface area contributed by atoms with E-state index in [4.69, 9.17) is 16.3 Å². The highest BCUT2D eigenvalue weighted by molar-refractivity contribution is 7.89. The van der Waals surface area contributed by atoms with E-state index in [1.54, 1.807) is 19.2 Å². The maximum absolute atomic E-state index is 12.7. The monoisotopic (exact) mass is 345 g/mol. The van der Waals surface area contributed by atoms with Crippen molar-refractivity contribution in [2.24, 2.45) is 0 Å². The van der Waals surface area contributed by atoms with Gasteiger partial charge in [0, 0.05) is 19.5 Å². The van der Waals surface area contributed by atoms with Gasteiger partial charge < -0.3 is 4.74 Å². The zero-order valence-electron chi connectivity index (χ0n) is 11.7. The summed E-state index contributed by atoms with van der Waals surface area (Å²) >= 11 is 7.31. The van der Waals surface area contributed by atoms with Crippen molar-refractivity contribution in [1.29, 1.82) is 0 Å². The van der Waals surface area contributed by atoms with Crippen LogP contribution in [-0.2, 0) is 22.4 Å². The highest BCUT2D eigenvalue weighted by atomic mass is 35.5. The van der Waals surface area contributed by atoms with Crippen LogP contribution in [0, 0.1) is 0 Å². The van der Waals surface area contributed by atoms with Crippen LogP contribution in [0.25, 0.3) is 0 Å². The Morgan fingerprint density at radius 2 is 2.05 bits per heavy atom. The molecule has 0 spiro atoms. The number of hydrogen-bond acceptors (Lipinski definition) is 4. The summed E-state index contributed by atoms with van der Waals surface area (Å²) in [7, 11) is -0.606. The molecular weight excluding hydrogens is 330 g/mol. The molecular formula is C14H16ClNO3S2. The van der Waals surface area contributed by atoms with Gasteiger partial charge >= 0.3 is 0 Å². The minimum absolute atomic E-state index is 0.150. The molecule has 0 bridgehead atoms. The largest absolute Gasteiger partial charge is 0.495 e. The van der Waals surface area contributed by atoms with Crippen molar-refractivity contribution < 1.29 is 13.2 Å². The summed E-state index contributed by atoms with van der Waals surface area (Å²) < 4.78 is 31.8. The number of hydrogen-bond donors (Lipinski definition) is 0. The van der Waals surface area contributed by atoms with Crippen LogP contribution in [0.15, 0.2) is 39.9 Å². The van der Waals surface area contributed by atoms with Crippen molar-refractivity contribution in [3.8, 4) is 5.75 Å². The summed E-state index contributed by atoms with van der Waals surface area (Å²) in [6.45, 7) is 0.326. The smallest absolute Gasteiger partial charge is 0.246 e. The predicted octanol–water partition coefficient (Wildman–Crippen LogP) is 3.32. The molecule has 7 heteroatoms. The van der Waals surface area contributed by atoms with E-state index in [1.165, 1.54) is 28.8 Å². The number of methoxy groups -OCH3 is 1. The van der Waals surface area contributed by atoms with Crippen molar-refractivity contribution >= 4 is 33.0 Å². The predicted molar refractivity (Wildman–Crippen MR) is 85.5 cm³/mol. The van der Waals surface area contributed by atoms with Gasteiger partial charge in [-0.3, -0.25) is 0 Å². The Balaban J connectivity index is 2.34. The van der Waals surface area contributed by atoms with Gasteiger partial charge in [0.15, 0.2) is 0 Å². The average molecular weight is 346 g/mol. The van der Waals surface area contributed by atoms with E-state index in [9.17, 15) is 8.42 Å². The summed E-state index contributed by atoms with van der Waals surface area (Å²) in [6, 6.07) is 6.79. The Kier molecular flexibility index (Phi) is 5.27. The van der Waals surface area contributed by atoms with Crippen LogP contribution >= 0.6 is 22.9 Å². The lowest BCUT2D eigenvalue weighted by atomic mass is 10.2. The van der Waals surface area contributed by atoms with Gasteiger partial charge in [0.25, 0.3) is 0 Å². The maximum atomic E-state index is 12.7. The molecule has 0 unspecified atom stereocenters. The van der Waals surface area contributed by atoms with E-state index in [2.05, 4.69) is 0 Å². The molecule has 0 atom stereocenters. The van der Waals surface area contributed by atoms with Crippen LogP contribution in [0.5, 0.6) is 5.75 Å². The van der Waals surface area contributed by atoms with Gasteiger partial charge in [0.1, 0.15) is 10.6 Å². The molecule has 0 N–H and O–H groups in total. The van der Waals surface area contributed by atoms with E-state index < -0.39 is 10.0 Å². The molecule has 1 aromatic carbocycles. The number of thiophene rings is 1. The van der Waals surface area contributed by atoms with E-state index in [1.807, 2.05) is 16.8 Å². The quantitative estimate of drug-likeness (QED) is 0.754. The SMILES string of the molecule is COc1cc(CCl)ccc1S(=O)(=O)N(C)Cc1ccsc1. The Morgan fingerprint density at radius 1 is 1.29 bits per heavy atom. The Labute approximate surface area is 134 Å². The van der Waals surface area contributed by atoms with Crippen LogP contribution < -0.4 is 4.74 Å². The minimum atomic E-state index is -3.61. The highest BCUT2D eigenvalue weighted by Crippen LogP contribution is 2.28. The summed E-state index contributed by atoms with van der Waals surface area (Å²) in [5.41, 5.74) is 1.77. The minimum Gasteiger partial charge on any atom is -0.495 e. The molecule has 4 nitrogen and oxygen atoms in total. The van der Waals surface area contributed by atoms with Gasteiger partial charge in [-0.15, -0.1) is 11.6 Å². The first-order valence-electron chi connectivity index (χ1n) is 6.19. The van der Waals surface area contributed by atoms with E-state index in [0.29, 0.717) is 18.2 Å². The zero-order chi connectivity index (χ0) is 15.5. The molecule has 114 valence electrons. The van der Waals surface area contributed by atoms with Gasteiger partial charge in [0.05, 0.1) is 7.11 Å². The van der Waals surface area contributed by atoms with E-state index in [0.717, 1.165) is 11.1 Å². The van der Waals surface area contributed by atoms with Crippen LogP contribution in [0.1, 0.15) is 11.1 Å². The average Bonchev–Trinajstić information content (AvgIpc) is 2.99. The number of halogens is 1. The van der Waals surface area contributed by atoms with Crippen LogP contribution in [0.2, 0.25) is 0 Å². The second-order valence-electron chi connectivity index (χ2n) is 4.51. The van der Waals surface area contributed by atoms with Crippen LogP contribution in [-0.4, -0.2) is 26.9 Å². The Hall–Kier alpha value is -1.08. The van der Waals surface area contributed by atoms with Gasteiger partial charge in [-0.05, 0) is 40.1 Å². The fourth-order valence-electron chi connectivity index (χ4n) is 1.90. The van der Waals surface area contributed by atoms with Gasteiger partial charge in [-0.25, -0.2) is 8.42 Å². The van der Waals surface area contributed by atoms with Crippen molar-refractivity contribution in [2.75, 3.05) is 14.2 Å². The lowest BCUT2D eigenvalue weighted by Gasteiger charge is -2.18. The fourth-order valence-corrected chi connectivity index (χ4v) is 4.02. The van der Waals surface area contributed by atoms with E-state index in [-0.39, 0.29) is 4.90 Å². The maximum Gasteiger partial charge on any atom is 0.246 e. The second-order valence-corrected chi connectivity index (χ2v) is 7.57. The van der Waals surface area contributed by atoms with E-state index >= 15 is 0 Å². The first-order chi connectivity index (χ1) is 9.98. The molecule has 0 aliphatic rings. The normalized spacial score (nSPS) is 11.8. The lowest BCUT2D eigenvalue weighted by molar-refractivity contribution is 0.397. The molecule has 1 heterocycles. The summed E-state index contributed by atoms with van der Waals surface area (Å²) in [4.78, 5) is 0.150. The Bertz CT molecular complexity index is 699. The van der Waals surface area contributed by atoms with Gasteiger partial charge in [-0.1, -0.05) is 6.07 Å². The number of alkyl halides is 1. The standard InChI is InChI=1S/C14H16ClNO3S2/c1-16(9-12-5-6-20-10-12)21(17,18)14-4-3-11(8-15)7-13(14)19-2/h3-7,10H,8-9H2,1-2H3. The molecule has 2 aromatic rings. The molecule has 2 rings (SSSR count). The first-order valence-corrected chi connectivity index (χ1v) is 9.11. The third-order valence-electron chi connectivity index (χ3n) is 3.06. The Morgan fingerprint density at radius 3 is 2.62 bits per heavy atom. The number of benzene rings is 1.